The van der Waals surface area contributed by atoms with Gasteiger partial charge in [0.25, 0.3) is 11.6 Å². The average molecular weight is 415 g/mol. The van der Waals surface area contributed by atoms with Gasteiger partial charge in [-0.25, -0.2) is 9.18 Å². The summed E-state index contributed by atoms with van der Waals surface area (Å²) >= 11 is 0. The van der Waals surface area contributed by atoms with E-state index in [0.717, 1.165) is 25.5 Å². The van der Waals surface area contributed by atoms with Crippen molar-refractivity contribution in [2.45, 2.75) is 19.8 Å². The molecule has 1 fully saturated rings. The van der Waals surface area contributed by atoms with Crippen LogP contribution in [0.3, 0.4) is 0 Å². The van der Waals surface area contributed by atoms with E-state index in [2.05, 4.69) is 12.2 Å². The molecular formula is C21H22FN3O5. The van der Waals surface area contributed by atoms with Crippen LogP contribution in [-0.2, 0) is 9.53 Å². The summed E-state index contributed by atoms with van der Waals surface area (Å²) in [5.41, 5.74) is 0.496. The predicted octanol–water partition coefficient (Wildman–Crippen LogP) is 3.77. The Morgan fingerprint density at radius 2 is 2.10 bits per heavy atom. The van der Waals surface area contributed by atoms with E-state index in [9.17, 15) is 24.1 Å². The highest BCUT2D eigenvalue weighted by Crippen LogP contribution is 2.32. The van der Waals surface area contributed by atoms with Crippen LogP contribution in [0.15, 0.2) is 42.5 Å². The number of hydrogen-bond donors (Lipinski definition) is 1. The molecule has 1 atom stereocenters. The molecule has 1 saturated heterocycles. The SMILES string of the molecule is C[C@@H]1CCCN(c2ccc(C(=O)OCC(=O)Nc3cccc(F)c3)cc2[N+](=O)[O-])C1. The number of nitro groups is 1. The number of nitrogens with zero attached hydrogens (tertiary/aromatic N) is 2. The second kappa shape index (κ2) is 9.34. The maximum absolute atomic E-state index is 13.1. The molecule has 158 valence electrons. The molecule has 1 N–H and O–H groups in total. The van der Waals surface area contributed by atoms with Crippen LogP contribution >= 0.6 is 0 Å². The van der Waals surface area contributed by atoms with E-state index in [-0.39, 0.29) is 16.9 Å². The van der Waals surface area contributed by atoms with Gasteiger partial charge >= 0.3 is 5.97 Å². The van der Waals surface area contributed by atoms with Crippen molar-refractivity contribution in [3.05, 3.63) is 64.0 Å². The first kappa shape index (κ1) is 21.2. The Labute approximate surface area is 172 Å². The number of benzene rings is 2. The van der Waals surface area contributed by atoms with Crippen molar-refractivity contribution in [1.82, 2.24) is 0 Å². The van der Waals surface area contributed by atoms with Gasteiger partial charge < -0.3 is 15.0 Å². The maximum Gasteiger partial charge on any atom is 0.338 e. The number of hydrogen-bond acceptors (Lipinski definition) is 6. The van der Waals surface area contributed by atoms with E-state index < -0.39 is 29.2 Å². The fourth-order valence-corrected chi connectivity index (χ4v) is 3.45. The summed E-state index contributed by atoms with van der Waals surface area (Å²) in [7, 11) is 0. The zero-order valence-corrected chi connectivity index (χ0v) is 16.5. The Bertz CT molecular complexity index is 965. The molecule has 2 aromatic rings. The van der Waals surface area contributed by atoms with Crippen LogP contribution in [-0.4, -0.2) is 36.5 Å². The van der Waals surface area contributed by atoms with Gasteiger partial charge in [-0.05, 0) is 49.1 Å². The molecule has 9 heteroatoms. The number of ether oxygens (including phenoxy) is 1. The van der Waals surface area contributed by atoms with Gasteiger partial charge in [0.15, 0.2) is 6.61 Å². The first-order valence-electron chi connectivity index (χ1n) is 9.59. The lowest BCUT2D eigenvalue weighted by Crippen LogP contribution is -2.34. The van der Waals surface area contributed by atoms with Crippen LogP contribution in [0.5, 0.6) is 0 Å². The molecule has 0 unspecified atom stereocenters. The summed E-state index contributed by atoms with van der Waals surface area (Å²) in [6, 6.07) is 9.45. The van der Waals surface area contributed by atoms with E-state index >= 15 is 0 Å². The summed E-state index contributed by atoms with van der Waals surface area (Å²) in [6.07, 6.45) is 2.02. The third-order valence-electron chi connectivity index (χ3n) is 4.85. The lowest BCUT2D eigenvalue weighted by Gasteiger charge is -2.32. The monoisotopic (exact) mass is 415 g/mol. The fraction of sp³-hybridized carbons (Fsp3) is 0.333. The summed E-state index contributed by atoms with van der Waals surface area (Å²) in [4.78, 5) is 37.1. The quantitative estimate of drug-likeness (QED) is 0.438. The molecule has 1 aliphatic rings. The lowest BCUT2D eigenvalue weighted by atomic mass is 9.99. The molecule has 0 radical (unpaired) electrons. The summed E-state index contributed by atoms with van der Waals surface area (Å²) in [6.45, 7) is 2.92. The van der Waals surface area contributed by atoms with Crippen LogP contribution in [0, 0.1) is 21.8 Å². The van der Waals surface area contributed by atoms with E-state index in [1.807, 2.05) is 4.90 Å². The maximum atomic E-state index is 13.1. The van der Waals surface area contributed by atoms with Gasteiger partial charge in [-0.15, -0.1) is 0 Å². The van der Waals surface area contributed by atoms with Crippen LogP contribution in [0.2, 0.25) is 0 Å². The molecule has 8 nitrogen and oxygen atoms in total. The van der Waals surface area contributed by atoms with Gasteiger partial charge in [-0.2, -0.15) is 0 Å². The zero-order chi connectivity index (χ0) is 21.7. The summed E-state index contributed by atoms with van der Waals surface area (Å²) in [5, 5.41) is 14.0. The molecule has 1 heterocycles. The van der Waals surface area contributed by atoms with E-state index in [0.29, 0.717) is 18.2 Å². The molecule has 30 heavy (non-hydrogen) atoms. The Hall–Kier alpha value is -3.49. The van der Waals surface area contributed by atoms with Gasteiger partial charge in [-0.3, -0.25) is 14.9 Å². The van der Waals surface area contributed by atoms with Crippen LogP contribution in [0.4, 0.5) is 21.5 Å². The van der Waals surface area contributed by atoms with Crippen molar-refractivity contribution in [3.8, 4) is 0 Å². The van der Waals surface area contributed by atoms with Crippen molar-refractivity contribution in [2.75, 3.05) is 29.9 Å². The second-order valence-corrected chi connectivity index (χ2v) is 7.29. The number of nitrogens with one attached hydrogen (secondary N) is 1. The van der Waals surface area contributed by atoms with Gasteiger partial charge in [0.2, 0.25) is 0 Å². The predicted molar refractivity (Wildman–Crippen MR) is 109 cm³/mol. The van der Waals surface area contributed by atoms with E-state index in [1.165, 1.54) is 30.3 Å². The third-order valence-corrected chi connectivity index (χ3v) is 4.85. The van der Waals surface area contributed by atoms with Crippen LogP contribution < -0.4 is 10.2 Å². The van der Waals surface area contributed by atoms with Crippen molar-refractivity contribution in [3.63, 3.8) is 0 Å². The third kappa shape index (κ3) is 5.31. The number of carbonyl (C=O) groups is 2. The fourth-order valence-electron chi connectivity index (χ4n) is 3.45. The number of carbonyl (C=O) groups excluding carboxylic acids is 2. The number of esters is 1. The van der Waals surface area contributed by atoms with Gasteiger partial charge in [0, 0.05) is 24.8 Å². The highest BCUT2D eigenvalue weighted by molar-refractivity contribution is 5.96. The van der Waals surface area contributed by atoms with Gasteiger partial charge in [-0.1, -0.05) is 13.0 Å². The number of piperidine rings is 1. The van der Waals surface area contributed by atoms with Gasteiger partial charge in [0.1, 0.15) is 11.5 Å². The molecule has 3 rings (SSSR count). The number of amides is 1. The first-order valence-corrected chi connectivity index (χ1v) is 9.59. The summed E-state index contributed by atoms with van der Waals surface area (Å²) in [5.74, 6) is -1.59. The topological polar surface area (TPSA) is 102 Å². The van der Waals surface area contributed by atoms with Crippen LogP contribution in [0.1, 0.15) is 30.1 Å². The largest absolute Gasteiger partial charge is 0.452 e. The molecule has 0 aliphatic carbocycles. The molecule has 0 aromatic heterocycles. The number of anilines is 2. The van der Waals surface area contributed by atoms with E-state index in [1.54, 1.807) is 6.07 Å². The Morgan fingerprint density at radius 1 is 1.30 bits per heavy atom. The number of halogens is 1. The first-order chi connectivity index (χ1) is 14.3. The highest BCUT2D eigenvalue weighted by atomic mass is 19.1. The molecule has 0 spiro atoms. The minimum Gasteiger partial charge on any atom is -0.452 e. The molecule has 1 amide bonds. The van der Waals surface area contributed by atoms with Gasteiger partial charge in [0.05, 0.1) is 10.5 Å². The Kier molecular flexibility index (Phi) is 6.61. The molecule has 2 aromatic carbocycles. The smallest absolute Gasteiger partial charge is 0.338 e. The van der Waals surface area contributed by atoms with E-state index in [4.69, 9.17) is 4.74 Å². The highest BCUT2D eigenvalue weighted by Gasteiger charge is 2.25. The normalized spacial score (nSPS) is 16.1. The lowest BCUT2D eigenvalue weighted by molar-refractivity contribution is -0.384. The van der Waals surface area contributed by atoms with Crippen molar-refractivity contribution in [2.24, 2.45) is 5.92 Å². The molecular weight excluding hydrogens is 393 g/mol. The molecule has 0 saturated carbocycles. The minimum absolute atomic E-state index is 0.0194. The van der Waals surface area contributed by atoms with Crippen molar-refractivity contribution in [1.29, 1.82) is 0 Å². The second-order valence-electron chi connectivity index (χ2n) is 7.29. The Balaban J connectivity index is 1.66. The number of rotatable bonds is 6. The molecule has 1 aliphatic heterocycles. The minimum atomic E-state index is -0.856. The average Bonchev–Trinajstić information content (AvgIpc) is 2.71. The standard InChI is InChI=1S/C21H22FN3O5/c1-14-4-3-9-24(12-14)18-8-7-15(10-19(18)25(28)29)21(27)30-13-20(26)23-17-6-2-5-16(22)11-17/h2,5-8,10-11,14H,3-4,9,12-13H2,1H3,(H,23,26)/t14-/m1/s1. The zero-order valence-electron chi connectivity index (χ0n) is 16.5. The van der Waals surface area contributed by atoms with Crippen molar-refractivity contribution < 1.29 is 23.6 Å². The van der Waals surface area contributed by atoms with Crippen LogP contribution in [0.25, 0.3) is 0 Å². The molecule has 0 bridgehead atoms. The summed E-state index contributed by atoms with van der Waals surface area (Å²) < 4.78 is 18.1. The van der Waals surface area contributed by atoms with Crippen molar-refractivity contribution >= 4 is 28.9 Å². The number of nitro benzene ring substituents is 1. The Morgan fingerprint density at radius 3 is 2.80 bits per heavy atom.